The molecule has 1 N–H and O–H groups in total. The fourth-order valence-electron chi connectivity index (χ4n) is 4.85. The number of hydrogen-bond donors (Lipinski definition) is 1. The molecule has 152 valence electrons. The Bertz CT molecular complexity index is 580. The van der Waals surface area contributed by atoms with E-state index in [0.717, 1.165) is 52.1 Å². The summed E-state index contributed by atoms with van der Waals surface area (Å²) in [6, 6.07) is 0. The highest BCUT2D eigenvalue weighted by Crippen LogP contribution is 2.47. The molecule has 0 aromatic carbocycles. The highest BCUT2D eigenvalue weighted by molar-refractivity contribution is 5.87. The molecule has 2 amide bonds. The first kappa shape index (κ1) is 20.3. The summed E-state index contributed by atoms with van der Waals surface area (Å²) in [4.78, 5) is 30.5. The van der Waals surface area contributed by atoms with E-state index in [1.165, 1.54) is 0 Å². The summed E-state index contributed by atoms with van der Waals surface area (Å²) in [5.74, 6) is 0.0948. The van der Waals surface area contributed by atoms with E-state index in [1.807, 2.05) is 22.8 Å². The Morgan fingerprint density at radius 1 is 1.15 bits per heavy atom. The minimum atomic E-state index is -0.476. The molecule has 0 aromatic heterocycles. The predicted molar refractivity (Wildman–Crippen MR) is 102 cm³/mol. The summed E-state index contributed by atoms with van der Waals surface area (Å²) in [6.07, 6.45) is 6.23. The number of carbonyl (C=O) groups is 2. The van der Waals surface area contributed by atoms with Crippen LogP contribution < -0.4 is 0 Å². The Morgan fingerprint density at radius 2 is 1.81 bits per heavy atom. The van der Waals surface area contributed by atoms with Gasteiger partial charge in [-0.15, -0.1) is 0 Å². The molecule has 1 spiro atoms. The number of likely N-dealkylation sites (tertiary alicyclic amines) is 2. The van der Waals surface area contributed by atoms with Crippen LogP contribution in [-0.2, 0) is 14.3 Å². The van der Waals surface area contributed by atoms with Gasteiger partial charge in [0, 0.05) is 52.3 Å². The Balaban J connectivity index is 1.51. The molecule has 0 aromatic rings. The predicted octanol–water partition coefficient (Wildman–Crippen LogP) is 0.487. The van der Waals surface area contributed by atoms with E-state index in [1.54, 1.807) is 13.0 Å². The quantitative estimate of drug-likeness (QED) is 0.720. The molecule has 3 aliphatic rings. The van der Waals surface area contributed by atoms with Gasteiger partial charge in [0.15, 0.2) is 0 Å². The number of aliphatic hydroxyl groups excluding tert-OH is 1. The van der Waals surface area contributed by atoms with Crippen LogP contribution in [0.15, 0.2) is 12.2 Å². The van der Waals surface area contributed by atoms with Gasteiger partial charge in [-0.1, -0.05) is 6.08 Å². The van der Waals surface area contributed by atoms with Crippen molar-refractivity contribution in [1.82, 2.24) is 14.7 Å². The Labute approximate surface area is 161 Å². The molecule has 1 unspecified atom stereocenters. The van der Waals surface area contributed by atoms with Crippen molar-refractivity contribution in [2.75, 3.05) is 59.1 Å². The monoisotopic (exact) mass is 379 g/mol. The highest BCUT2D eigenvalue weighted by Gasteiger charge is 2.52. The van der Waals surface area contributed by atoms with Crippen molar-refractivity contribution in [1.29, 1.82) is 0 Å². The largest absolute Gasteiger partial charge is 0.394 e. The van der Waals surface area contributed by atoms with Gasteiger partial charge in [-0.25, -0.2) is 0 Å². The molecule has 3 heterocycles. The Kier molecular flexibility index (Phi) is 6.23. The molecule has 27 heavy (non-hydrogen) atoms. The fraction of sp³-hybridized carbons (Fsp3) is 0.800. The van der Waals surface area contributed by atoms with Crippen LogP contribution in [0, 0.1) is 5.41 Å². The zero-order valence-corrected chi connectivity index (χ0v) is 16.7. The minimum absolute atomic E-state index is 0.0126. The molecule has 1 atom stereocenters. The zero-order valence-electron chi connectivity index (χ0n) is 16.7. The van der Waals surface area contributed by atoms with Gasteiger partial charge < -0.3 is 19.6 Å². The van der Waals surface area contributed by atoms with Gasteiger partial charge in [-0.3, -0.25) is 14.5 Å². The maximum absolute atomic E-state index is 12.5. The van der Waals surface area contributed by atoms with Gasteiger partial charge in [-0.05, 0) is 31.6 Å². The van der Waals surface area contributed by atoms with Gasteiger partial charge in [0.05, 0.1) is 25.4 Å². The minimum Gasteiger partial charge on any atom is -0.394 e. The average Bonchev–Trinajstić information content (AvgIpc) is 2.96. The van der Waals surface area contributed by atoms with Gasteiger partial charge in [0.1, 0.15) is 0 Å². The third-order valence-corrected chi connectivity index (χ3v) is 6.49. The lowest BCUT2D eigenvalue weighted by Crippen LogP contribution is -2.46. The van der Waals surface area contributed by atoms with Crippen LogP contribution in [0.4, 0.5) is 0 Å². The lowest BCUT2D eigenvalue weighted by atomic mass is 9.74. The Morgan fingerprint density at radius 3 is 2.37 bits per heavy atom. The van der Waals surface area contributed by atoms with Crippen LogP contribution in [-0.4, -0.2) is 96.2 Å². The number of morpholine rings is 1. The number of ether oxygens (including phenoxy) is 1. The fourth-order valence-corrected chi connectivity index (χ4v) is 4.85. The molecule has 0 bridgehead atoms. The van der Waals surface area contributed by atoms with Crippen LogP contribution >= 0.6 is 0 Å². The van der Waals surface area contributed by atoms with Gasteiger partial charge in [0.25, 0.3) is 0 Å². The van der Waals surface area contributed by atoms with Crippen molar-refractivity contribution >= 4 is 11.8 Å². The van der Waals surface area contributed by atoms with Gasteiger partial charge >= 0.3 is 0 Å². The first-order valence-electron chi connectivity index (χ1n) is 10.0. The lowest BCUT2D eigenvalue weighted by Gasteiger charge is -2.39. The summed E-state index contributed by atoms with van der Waals surface area (Å²) in [6.45, 7) is 9.80. The van der Waals surface area contributed by atoms with E-state index in [4.69, 9.17) is 4.74 Å². The van der Waals surface area contributed by atoms with Crippen molar-refractivity contribution in [3.63, 3.8) is 0 Å². The second-order valence-corrected chi connectivity index (χ2v) is 8.58. The first-order chi connectivity index (χ1) is 12.9. The summed E-state index contributed by atoms with van der Waals surface area (Å²) in [7, 11) is 0. The number of aliphatic hydroxyl groups is 1. The number of amides is 2. The van der Waals surface area contributed by atoms with E-state index < -0.39 is 5.54 Å². The van der Waals surface area contributed by atoms with Gasteiger partial charge in [-0.2, -0.15) is 0 Å². The van der Waals surface area contributed by atoms with E-state index in [2.05, 4.69) is 4.90 Å². The SMILES string of the molecule is CC(=O)N1CC2(CCN(C(=O)/C=C/CN3CCOCC3)CC2)CC1(C)CO. The normalized spacial score (nSPS) is 29.0. The highest BCUT2D eigenvalue weighted by atomic mass is 16.5. The third-order valence-electron chi connectivity index (χ3n) is 6.49. The van der Waals surface area contributed by atoms with E-state index >= 15 is 0 Å². The Hall–Kier alpha value is -1.44. The summed E-state index contributed by atoms with van der Waals surface area (Å²) >= 11 is 0. The van der Waals surface area contributed by atoms with Crippen molar-refractivity contribution in [3.05, 3.63) is 12.2 Å². The molecule has 0 radical (unpaired) electrons. The lowest BCUT2D eigenvalue weighted by molar-refractivity contribution is -0.134. The van der Waals surface area contributed by atoms with Crippen molar-refractivity contribution in [2.24, 2.45) is 5.41 Å². The number of carbonyl (C=O) groups excluding carboxylic acids is 2. The maximum Gasteiger partial charge on any atom is 0.246 e. The van der Waals surface area contributed by atoms with E-state index in [-0.39, 0.29) is 23.8 Å². The van der Waals surface area contributed by atoms with Crippen molar-refractivity contribution in [2.45, 2.75) is 38.6 Å². The molecule has 3 fully saturated rings. The number of piperidine rings is 1. The number of rotatable bonds is 4. The third kappa shape index (κ3) is 4.52. The van der Waals surface area contributed by atoms with Crippen LogP contribution in [0.25, 0.3) is 0 Å². The molecule has 0 aliphatic carbocycles. The molecular formula is C20H33N3O4. The van der Waals surface area contributed by atoms with Crippen LogP contribution in [0.2, 0.25) is 0 Å². The summed E-state index contributed by atoms with van der Waals surface area (Å²) < 4.78 is 5.33. The molecule has 7 heteroatoms. The van der Waals surface area contributed by atoms with E-state index in [0.29, 0.717) is 19.6 Å². The standard InChI is InChI=1S/C20H33N3O4/c1-17(25)23-15-20(14-19(23,2)16-24)5-8-22(9-6-20)18(26)4-3-7-21-10-12-27-13-11-21/h3-4,24H,5-16H2,1-2H3/b4-3+. The molecule has 7 nitrogen and oxygen atoms in total. The van der Waals surface area contributed by atoms with Gasteiger partial charge in [0.2, 0.25) is 11.8 Å². The average molecular weight is 380 g/mol. The second kappa shape index (κ2) is 8.29. The topological polar surface area (TPSA) is 73.3 Å². The number of nitrogens with zero attached hydrogens (tertiary/aromatic N) is 3. The number of hydrogen-bond acceptors (Lipinski definition) is 5. The first-order valence-corrected chi connectivity index (χ1v) is 10.0. The molecule has 0 saturated carbocycles. The summed E-state index contributed by atoms with van der Waals surface area (Å²) in [5, 5.41) is 9.82. The maximum atomic E-state index is 12.5. The van der Waals surface area contributed by atoms with Crippen LogP contribution in [0.3, 0.4) is 0 Å². The van der Waals surface area contributed by atoms with Crippen LogP contribution in [0.1, 0.15) is 33.1 Å². The smallest absolute Gasteiger partial charge is 0.246 e. The second-order valence-electron chi connectivity index (χ2n) is 8.58. The molecular weight excluding hydrogens is 346 g/mol. The van der Waals surface area contributed by atoms with Crippen molar-refractivity contribution in [3.8, 4) is 0 Å². The van der Waals surface area contributed by atoms with Crippen molar-refractivity contribution < 1.29 is 19.4 Å². The molecule has 3 rings (SSSR count). The van der Waals surface area contributed by atoms with Crippen LogP contribution in [0.5, 0.6) is 0 Å². The molecule has 3 saturated heterocycles. The molecule has 3 aliphatic heterocycles. The summed E-state index contributed by atoms with van der Waals surface area (Å²) in [5.41, 5.74) is -0.451. The van der Waals surface area contributed by atoms with E-state index in [9.17, 15) is 14.7 Å². The zero-order chi connectivity index (χ0) is 19.5.